The van der Waals surface area contributed by atoms with Crippen LogP contribution in [0.5, 0.6) is 0 Å². The normalized spacial score (nSPS) is 14.4. The molecule has 2 heteroatoms. The molecule has 0 saturated carbocycles. The average Bonchev–Trinajstić information content (AvgIpc) is 3.12. The van der Waals surface area contributed by atoms with Crippen LogP contribution >= 0.6 is 0 Å². The summed E-state index contributed by atoms with van der Waals surface area (Å²) in [6.45, 7) is 9.38. The van der Waals surface area contributed by atoms with Gasteiger partial charge in [-0.2, -0.15) is 0 Å². The standard InChI is InChI=1S/C27H54N2/c1-4-7-10-11-12-13-14-15-16-17-18-19-20-21-22-27-28(23-8-5-2)25-26-29(27)24-9-6-3/h25-27H,4-24H2,1-3H3. The topological polar surface area (TPSA) is 6.48 Å². The molecule has 0 bridgehead atoms. The van der Waals surface area contributed by atoms with E-state index in [1.807, 2.05) is 0 Å². The molecule has 0 atom stereocenters. The van der Waals surface area contributed by atoms with Crippen molar-refractivity contribution >= 4 is 0 Å². The van der Waals surface area contributed by atoms with Crippen LogP contribution in [0.4, 0.5) is 0 Å². The van der Waals surface area contributed by atoms with E-state index in [0.29, 0.717) is 6.17 Å². The van der Waals surface area contributed by atoms with Gasteiger partial charge in [-0.3, -0.25) is 0 Å². The van der Waals surface area contributed by atoms with Crippen LogP contribution in [0.3, 0.4) is 0 Å². The number of unbranched alkanes of at least 4 members (excludes halogenated alkanes) is 15. The second-order valence-corrected chi connectivity index (χ2v) is 9.35. The molecule has 0 aromatic rings. The number of hydrogen-bond acceptors (Lipinski definition) is 2. The third-order valence-electron chi connectivity index (χ3n) is 6.57. The molecule has 1 aliphatic rings. The zero-order chi connectivity index (χ0) is 21.0. The molecule has 0 aromatic carbocycles. The molecule has 0 amide bonds. The summed E-state index contributed by atoms with van der Waals surface area (Å²) >= 11 is 0. The molecule has 0 aromatic heterocycles. The molecule has 0 unspecified atom stereocenters. The minimum atomic E-state index is 0.644. The predicted octanol–water partition coefficient (Wildman–Crippen LogP) is 8.87. The maximum Gasteiger partial charge on any atom is 0.101 e. The Bertz CT molecular complexity index is 348. The van der Waals surface area contributed by atoms with Crippen LogP contribution in [0.15, 0.2) is 12.4 Å². The third-order valence-corrected chi connectivity index (χ3v) is 6.57. The van der Waals surface area contributed by atoms with Gasteiger partial charge in [0.05, 0.1) is 0 Å². The smallest absolute Gasteiger partial charge is 0.101 e. The second-order valence-electron chi connectivity index (χ2n) is 9.35. The summed E-state index contributed by atoms with van der Waals surface area (Å²) in [5.74, 6) is 0. The van der Waals surface area contributed by atoms with Crippen molar-refractivity contribution in [1.29, 1.82) is 0 Å². The summed E-state index contributed by atoms with van der Waals surface area (Å²) in [6, 6.07) is 0. The van der Waals surface area contributed by atoms with Crippen molar-refractivity contribution in [3.05, 3.63) is 12.4 Å². The molecule has 0 fully saturated rings. The molecule has 0 spiro atoms. The van der Waals surface area contributed by atoms with E-state index in [2.05, 4.69) is 43.0 Å². The zero-order valence-corrected chi connectivity index (χ0v) is 20.5. The Hall–Kier alpha value is -0.660. The Labute approximate surface area is 184 Å². The molecular formula is C27H54N2. The minimum absolute atomic E-state index is 0.644. The largest absolute Gasteiger partial charge is 0.356 e. The fraction of sp³-hybridized carbons (Fsp3) is 0.926. The van der Waals surface area contributed by atoms with Crippen molar-refractivity contribution < 1.29 is 0 Å². The molecule has 0 N–H and O–H groups in total. The Morgan fingerprint density at radius 2 is 0.793 bits per heavy atom. The van der Waals surface area contributed by atoms with E-state index in [-0.39, 0.29) is 0 Å². The fourth-order valence-corrected chi connectivity index (χ4v) is 4.54. The van der Waals surface area contributed by atoms with Gasteiger partial charge in [-0.05, 0) is 25.7 Å². The van der Waals surface area contributed by atoms with Gasteiger partial charge in [0.25, 0.3) is 0 Å². The molecule has 0 aliphatic carbocycles. The summed E-state index contributed by atoms with van der Waals surface area (Å²) in [4.78, 5) is 5.23. The van der Waals surface area contributed by atoms with Crippen LogP contribution in [0, 0.1) is 0 Å². The van der Waals surface area contributed by atoms with E-state index in [0.717, 1.165) is 0 Å². The lowest BCUT2D eigenvalue weighted by atomic mass is 10.0. The maximum absolute atomic E-state index is 2.61. The van der Waals surface area contributed by atoms with Crippen molar-refractivity contribution in [1.82, 2.24) is 9.80 Å². The van der Waals surface area contributed by atoms with E-state index < -0.39 is 0 Å². The highest BCUT2D eigenvalue weighted by atomic mass is 15.4. The third kappa shape index (κ3) is 13.3. The van der Waals surface area contributed by atoms with Gasteiger partial charge in [0, 0.05) is 25.5 Å². The zero-order valence-electron chi connectivity index (χ0n) is 20.5. The quantitative estimate of drug-likeness (QED) is 0.176. The van der Waals surface area contributed by atoms with Gasteiger partial charge in [0.15, 0.2) is 0 Å². The van der Waals surface area contributed by atoms with Crippen LogP contribution < -0.4 is 0 Å². The molecule has 1 aliphatic heterocycles. The lowest BCUT2D eigenvalue weighted by molar-refractivity contribution is 0.136. The fourth-order valence-electron chi connectivity index (χ4n) is 4.54. The van der Waals surface area contributed by atoms with Gasteiger partial charge in [-0.15, -0.1) is 0 Å². The van der Waals surface area contributed by atoms with Crippen molar-refractivity contribution in [3.63, 3.8) is 0 Å². The first kappa shape index (κ1) is 26.4. The van der Waals surface area contributed by atoms with Gasteiger partial charge in [-0.1, -0.05) is 117 Å². The Balaban J connectivity index is 2.00. The maximum atomic E-state index is 2.61. The highest BCUT2D eigenvalue weighted by Gasteiger charge is 2.24. The van der Waals surface area contributed by atoms with Gasteiger partial charge >= 0.3 is 0 Å². The van der Waals surface area contributed by atoms with E-state index in [4.69, 9.17) is 0 Å². The highest BCUT2D eigenvalue weighted by molar-refractivity contribution is 4.96. The van der Waals surface area contributed by atoms with Gasteiger partial charge < -0.3 is 9.80 Å². The molecule has 1 heterocycles. The first-order valence-corrected chi connectivity index (χ1v) is 13.5. The van der Waals surface area contributed by atoms with Gasteiger partial charge in [0.2, 0.25) is 0 Å². The first-order chi connectivity index (χ1) is 14.3. The molecule has 172 valence electrons. The van der Waals surface area contributed by atoms with E-state index in [1.54, 1.807) is 0 Å². The van der Waals surface area contributed by atoms with E-state index in [1.165, 1.54) is 135 Å². The first-order valence-electron chi connectivity index (χ1n) is 13.5. The lowest BCUT2D eigenvalue weighted by Crippen LogP contribution is -2.39. The monoisotopic (exact) mass is 406 g/mol. The predicted molar refractivity (Wildman–Crippen MR) is 131 cm³/mol. The molecule has 2 nitrogen and oxygen atoms in total. The van der Waals surface area contributed by atoms with Gasteiger partial charge in [-0.25, -0.2) is 0 Å². The Morgan fingerprint density at radius 3 is 1.17 bits per heavy atom. The van der Waals surface area contributed by atoms with E-state index >= 15 is 0 Å². The molecule has 1 rings (SSSR count). The molecule has 0 saturated heterocycles. The summed E-state index contributed by atoms with van der Waals surface area (Å²) in [6.07, 6.45) is 32.2. The van der Waals surface area contributed by atoms with Crippen LogP contribution in [-0.2, 0) is 0 Å². The lowest BCUT2D eigenvalue weighted by Gasteiger charge is -2.33. The second kappa shape index (κ2) is 19.3. The summed E-state index contributed by atoms with van der Waals surface area (Å²) < 4.78 is 0. The SMILES string of the molecule is CCCCCCCCCCCCCCCCC1N(CCCC)C=CN1CCCC. The van der Waals surface area contributed by atoms with E-state index in [9.17, 15) is 0 Å². The summed E-state index contributed by atoms with van der Waals surface area (Å²) in [5.41, 5.74) is 0. The molecule has 0 radical (unpaired) electrons. The van der Waals surface area contributed by atoms with Crippen molar-refractivity contribution in [2.24, 2.45) is 0 Å². The van der Waals surface area contributed by atoms with Crippen LogP contribution in [-0.4, -0.2) is 29.1 Å². The number of nitrogens with zero attached hydrogens (tertiary/aromatic N) is 2. The van der Waals surface area contributed by atoms with Crippen LogP contribution in [0.1, 0.15) is 143 Å². The summed E-state index contributed by atoms with van der Waals surface area (Å²) in [5, 5.41) is 0. The average molecular weight is 407 g/mol. The highest BCUT2D eigenvalue weighted by Crippen LogP contribution is 2.23. The van der Waals surface area contributed by atoms with Crippen LogP contribution in [0.25, 0.3) is 0 Å². The molecule has 29 heavy (non-hydrogen) atoms. The number of hydrogen-bond donors (Lipinski definition) is 0. The van der Waals surface area contributed by atoms with Crippen molar-refractivity contribution in [2.45, 2.75) is 149 Å². The number of rotatable bonds is 21. The summed E-state index contributed by atoms with van der Waals surface area (Å²) in [7, 11) is 0. The Morgan fingerprint density at radius 1 is 0.448 bits per heavy atom. The van der Waals surface area contributed by atoms with Crippen LogP contribution in [0.2, 0.25) is 0 Å². The molecular weight excluding hydrogens is 352 g/mol. The van der Waals surface area contributed by atoms with Crippen molar-refractivity contribution in [3.8, 4) is 0 Å². The minimum Gasteiger partial charge on any atom is -0.356 e. The van der Waals surface area contributed by atoms with Crippen molar-refractivity contribution in [2.75, 3.05) is 13.1 Å². The Kier molecular flexibility index (Phi) is 17.6. The van der Waals surface area contributed by atoms with Gasteiger partial charge in [0.1, 0.15) is 6.17 Å².